The number of aliphatic carboxylic acids is 1. The Kier molecular flexibility index (Phi) is 8.74. The minimum absolute atomic E-state index is 0.0530. The van der Waals surface area contributed by atoms with E-state index in [0.717, 1.165) is 12.1 Å². The van der Waals surface area contributed by atoms with Gasteiger partial charge in [-0.3, -0.25) is 9.69 Å². The zero-order valence-corrected chi connectivity index (χ0v) is 20.2. The zero-order valence-electron chi connectivity index (χ0n) is 20.2. The summed E-state index contributed by atoms with van der Waals surface area (Å²) >= 11 is 0. The fourth-order valence-corrected chi connectivity index (χ4v) is 5.11. The molecule has 1 fully saturated rings. The van der Waals surface area contributed by atoms with Crippen LogP contribution in [0.15, 0.2) is 42.5 Å². The Labute approximate surface area is 213 Å². The van der Waals surface area contributed by atoms with Crippen molar-refractivity contribution in [1.82, 2.24) is 4.90 Å². The van der Waals surface area contributed by atoms with Gasteiger partial charge in [-0.05, 0) is 73.2 Å². The first-order valence-corrected chi connectivity index (χ1v) is 11.9. The number of piperidine rings is 1. The van der Waals surface area contributed by atoms with Crippen LogP contribution in [0.4, 0.5) is 39.5 Å². The van der Waals surface area contributed by atoms with Gasteiger partial charge in [0.15, 0.2) is 0 Å². The first kappa shape index (κ1) is 29.8. The van der Waals surface area contributed by atoms with Crippen LogP contribution in [0.2, 0.25) is 0 Å². The Hall–Kier alpha value is -2.76. The average molecular weight is 555 g/mol. The molecular weight excluding hydrogens is 529 g/mol. The standard InChI is InChI=1S/C26H26F9NO2/c1-2-3-20(23(37)38)16-10-11-36(22(13-16)15-4-6-18(7-5-15)24(27,28)29)14-17-12-19(25(30,31)32)8-9-21(17)26(33,34)35/h4-9,12,16,20,22H,2-3,10-11,13-14H2,1H3,(H,37,38)/t16-,20-,22+/m0/s1. The SMILES string of the molecule is CCC[C@H](C(=O)O)[C@H]1CCN(Cc2cc(C(F)(F)F)ccc2C(F)(F)F)[C@@H](c2ccc(C(F)(F)F)cc2)C1. The van der Waals surface area contributed by atoms with Crippen molar-refractivity contribution in [3.05, 3.63) is 70.3 Å². The van der Waals surface area contributed by atoms with Gasteiger partial charge in [-0.15, -0.1) is 0 Å². The van der Waals surface area contributed by atoms with Crippen molar-refractivity contribution in [3.63, 3.8) is 0 Å². The Morgan fingerprint density at radius 1 is 0.921 bits per heavy atom. The fourth-order valence-electron chi connectivity index (χ4n) is 5.11. The van der Waals surface area contributed by atoms with Gasteiger partial charge < -0.3 is 5.11 Å². The summed E-state index contributed by atoms with van der Waals surface area (Å²) in [4.78, 5) is 13.4. The molecule has 0 bridgehead atoms. The molecule has 0 amide bonds. The Bertz CT molecular complexity index is 1110. The lowest BCUT2D eigenvalue weighted by Crippen LogP contribution is -2.40. The van der Waals surface area contributed by atoms with Gasteiger partial charge in [0.2, 0.25) is 0 Å². The van der Waals surface area contributed by atoms with Gasteiger partial charge in [-0.2, -0.15) is 39.5 Å². The number of hydrogen-bond acceptors (Lipinski definition) is 2. The van der Waals surface area contributed by atoms with Crippen molar-refractivity contribution in [2.45, 2.75) is 63.7 Å². The molecule has 1 aliphatic rings. The van der Waals surface area contributed by atoms with Crippen LogP contribution in [0.1, 0.15) is 66.5 Å². The molecule has 0 spiro atoms. The molecule has 3 nitrogen and oxygen atoms in total. The molecule has 0 unspecified atom stereocenters. The minimum Gasteiger partial charge on any atom is -0.481 e. The Morgan fingerprint density at radius 2 is 1.50 bits per heavy atom. The van der Waals surface area contributed by atoms with E-state index in [-0.39, 0.29) is 19.4 Å². The van der Waals surface area contributed by atoms with Crippen molar-refractivity contribution in [1.29, 1.82) is 0 Å². The lowest BCUT2D eigenvalue weighted by Gasteiger charge is -2.42. The van der Waals surface area contributed by atoms with E-state index in [2.05, 4.69) is 0 Å². The molecule has 2 aromatic carbocycles. The first-order chi connectivity index (χ1) is 17.5. The van der Waals surface area contributed by atoms with Gasteiger partial charge in [0.25, 0.3) is 0 Å². The number of hydrogen-bond donors (Lipinski definition) is 1. The molecule has 2 aromatic rings. The van der Waals surface area contributed by atoms with Gasteiger partial charge in [-0.1, -0.05) is 25.5 Å². The monoisotopic (exact) mass is 555 g/mol. The van der Waals surface area contributed by atoms with E-state index in [1.165, 1.54) is 17.0 Å². The summed E-state index contributed by atoms with van der Waals surface area (Å²) in [7, 11) is 0. The minimum atomic E-state index is -4.93. The highest BCUT2D eigenvalue weighted by Gasteiger charge is 2.40. The number of halogens is 9. The van der Waals surface area contributed by atoms with Crippen molar-refractivity contribution in [2.24, 2.45) is 11.8 Å². The third-order valence-corrected chi connectivity index (χ3v) is 6.97. The first-order valence-electron chi connectivity index (χ1n) is 11.9. The number of benzene rings is 2. The van der Waals surface area contributed by atoms with Crippen molar-refractivity contribution in [2.75, 3.05) is 6.54 Å². The lowest BCUT2D eigenvalue weighted by atomic mass is 9.77. The van der Waals surface area contributed by atoms with Crippen LogP contribution < -0.4 is 0 Å². The van der Waals surface area contributed by atoms with Crippen molar-refractivity contribution in [3.8, 4) is 0 Å². The molecule has 12 heteroatoms. The number of carboxylic acid groups (broad SMARTS) is 1. The van der Waals surface area contributed by atoms with E-state index >= 15 is 0 Å². The zero-order chi connectivity index (χ0) is 28.5. The van der Waals surface area contributed by atoms with Gasteiger partial charge in [-0.25, -0.2) is 0 Å². The predicted molar refractivity (Wildman–Crippen MR) is 120 cm³/mol. The summed E-state index contributed by atoms with van der Waals surface area (Å²) in [5, 5.41) is 9.70. The lowest BCUT2D eigenvalue weighted by molar-refractivity contribution is -0.145. The van der Waals surface area contributed by atoms with Crippen LogP contribution in [-0.2, 0) is 29.9 Å². The van der Waals surface area contributed by atoms with E-state index < -0.39 is 71.2 Å². The number of carboxylic acids is 1. The topological polar surface area (TPSA) is 40.5 Å². The quantitative estimate of drug-likeness (QED) is 0.350. The summed E-state index contributed by atoms with van der Waals surface area (Å²) in [6.45, 7) is 1.30. The molecule has 38 heavy (non-hydrogen) atoms. The van der Waals surface area contributed by atoms with Gasteiger partial charge in [0, 0.05) is 12.6 Å². The Morgan fingerprint density at radius 3 is 2.00 bits per heavy atom. The summed E-state index contributed by atoms with van der Waals surface area (Å²) in [6, 6.07) is 4.37. The number of carbonyl (C=O) groups is 1. The molecule has 210 valence electrons. The van der Waals surface area contributed by atoms with Gasteiger partial charge >= 0.3 is 24.5 Å². The molecule has 3 rings (SSSR count). The van der Waals surface area contributed by atoms with Crippen LogP contribution in [0.3, 0.4) is 0 Å². The maximum Gasteiger partial charge on any atom is 0.416 e. The van der Waals surface area contributed by atoms with Crippen LogP contribution >= 0.6 is 0 Å². The molecule has 1 N–H and O–H groups in total. The van der Waals surface area contributed by atoms with Crippen LogP contribution in [-0.4, -0.2) is 22.5 Å². The summed E-state index contributed by atoms with van der Waals surface area (Å²) in [6.07, 6.45) is -13.2. The van der Waals surface area contributed by atoms with Gasteiger partial charge in [0.05, 0.1) is 22.6 Å². The highest BCUT2D eigenvalue weighted by atomic mass is 19.4. The van der Waals surface area contributed by atoms with E-state index in [1.807, 2.05) is 0 Å². The second kappa shape index (κ2) is 11.2. The molecule has 1 saturated heterocycles. The molecule has 1 heterocycles. The maximum atomic E-state index is 13.7. The smallest absolute Gasteiger partial charge is 0.416 e. The number of rotatable bonds is 7. The highest BCUT2D eigenvalue weighted by molar-refractivity contribution is 5.70. The molecule has 1 aliphatic heterocycles. The second-order valence-electron chi connectivity index (χ2n) is 9.49. The largest absolute Gasteiger partial charge is 0.481 e. The van der Waals surface area contributed by atoms with Crippen LogP contribution in [0.5, 0.6) is 0 Å². The maximum absolute atomic E-state index is 13.7. The van der Waals surface area contributed by atoms with Crippen LogP contribution in [0, 0.1) is 11.8 Å². The summed E-state index contributed by atoms with van der Waals surface area (Å²) < 4.78 is 120. The molecule has 0 aliphatic carbocycles. The summed E-state index contributed by atoms with van der Waals surface area (Å²) in [5.74, 6) is -2.23. The second-order valence-corrected chi connectivity index (χ2v) is 9.49. The molecule has 3 atom stereocenters. The fraction of sp³-hybridized carbons (Fsp3) is 0.500. The number of nitrogens with zero attached hydrogens (tertiary/aromatic N) is 1. The van der Waals surface area contributed by atoms with Crippen LogP contribution in [0.25, 0.3) is 0 Å². The Balaban J connectivity index is 2.03. The average Bonchev–Trinajstić information content (AvgIpc) is 2.81. The predicted octanol–water partition coefficient (Wildman–Crippen LogP) is 8.20. The number of likely N-dealkylation sites (tertiary alicyclic amines) is 1. The van der Waals surface area contributed by atoms with Gasteiger partial charge in [0.1, 0.15) is 0 Å². The molecule has 0 aromatic heterocycles. The number of alkyl halides is 9. The van der Waals surface area contributed by atoms with E-state index in [4.69, 9.17) is 0 Å². The molecule has 0 saturated carbocycles. The van der Waals surface area contributed by atoms with Crippen molar-refractivity contribution < 1.29 is 49.4 Å². The highest BCUT2D eigenvalue weighted by Crippen LogP contribution is 2.43. The van der Waals surface area contributed by atoms with E-state index in [1.54, 1.807) is 6.92 Å². The summed E-state index contributed by atoms with van der Waals surface area (Å²) in [5.41, 5.74) is -3.75. The van der Waals surface area contributed by atoms with E-state index in [9.17, 15) is 49.4 Å². The third kappa shape index (κ3) is 7.00. The molecular formula is C26H26F9NO2. The van der Waals surface area contributed by atoms with Crippen molar-refractivity contribution >= 4 is 5.97 Å². The van der Waals surface area contributed by atoms with E-state index in [0.29, 0.717) is 36.6 Å². The normalized spacial score (nSPS) is 20.4. The third-order valence-electron chi connectivity index (χ3n) is 6.97. The molecule has 0 radical (unpaired) electrons.